The van der Waals surface area contributed by atoms with Crippen molar-refractivity contribution in [2.24, 2.45) is 7.05 Å². The number of hydrogen-bond donors (Lipinski definition) is 1. The zero-order valence-electron chi connectivity index (χ0n) is 14.7. The minimum Gasteiger partial charge on any atom is -0.351 e. The average Bonchev–Trinajstić information content (AvgIpc) is 3.19. The van der Waals surface area contributed by atoms with Crippen LogP contribution in [0.25, 0.3) is 0 Å². The van der Waals surface area contributed by atoms with Gasteiger partial charge in [0.05, 0.1) is 29.5 Å². The van der Waals surface area contributed by atoms with Crippen LogP contribution in [0.4, 0.5) is 0 Å². The summed E-state index contributed by atoms with van der Waals surface area (Å²) in [5.74, 6) is 0.476. The van der Waals surface area contributed by atoms with E-state index in [1.54, 1.807) is 30.2 Å². The number of carbonyl (C=O) groups excluding carboxylic acids is 2. The average molecular weight is 342 g/mol. The highest BCUT2D eigenvalue weighted by molar-refractivity contribution is 5.95. The molecule has 0 bridgehead atoms. The van der Waals surface area contributed by atoms with E-state index in [0.29, 0.717) is 24.5 Å². The second-order valence-corrected chi connectivity index (χ2v) is 6.27. The van der Waals surface area contributed by atoms with Gasteiger partial charge in [0.25, 0.3) is 5.91 Å². The number of aromatic nitrogens is 4. The van der Waals surface area contributed by atoms with Crippen LogP contribution >= 0.6 is 0 Å². The molecule has 1 fully saturated rings. The zero-order chi connectivity index (χ0) is 18.0. The Morgan fingerprint density at radius 3 is 2.88 bits per heavy atom. The van der Waals surface area contributed by atoms with E-state index in [1.807, 2.05) is 11.8 Å². The molecule has 2 amide bonds. The molecule has 2 aromatic heterocycles. The molecule has 0 aliphatic carbocycles. The lowest BCUT2D eigenvalue weighted by atomic mass is 10.1. The van der Waals surface area contributed by atoms with Gasteiger partial charge in [0.2, 0.25) is 5.91 Å². The Kier molecular flexibility index (Phi) is 4.78. The third-order valence-corrected chi connectivity index (χ3v) is 4.31. The van der Waals surface area contributed by atoms with Crippen molar-refractivity contribution in [2.45, 2.75) is 39.3 Å². The maximum absolute atomic E-state index is 12.9. The number of amides is 2. The number of nitrogens with zero attached hydrogens (tertiary/aromatic N) is 5. The largest absolute Gasteiger partial charge is 0.351 e. The van der Waals surface area contributed by atoms with Crippen LogP contribution in [-0.2, 0) is 18.4 Å². The molecular weight excluding hydrogens is 320 g/mol. The van der Waals surface area contributed by atoms with E-state index in [-0.39, 0.29) is 17.9 Å². The van der Waals surface area contributed by atoms with Crippen molar-refractivity contribution >= 4 is 11.8 Å². The van der Waals surface area contributed by atoms with Crippen molar-refractivity contribution in [3.05, 3.63) is 41.2 Å². The predicted molar refractivity (Wildman–Crippen MR) is 90.5 cm³/mol. The Morgan fingerprint density at radius 2 is 2.20 bits per heavy atom. The van der Waals surface area contributed by atoms with E-state index in [9.17, 15) is 9.59 Å². The molecule has 1 atom stereocenters. The molecule has 132 valence electrons. The Labute approximate surface area is 146 Å². The molecule has 0 unspecified atom stereocenters. The van der Waals surface area contributed by atoms with Gasteiger partial charge in [0.1, 0.15) is 0 Å². The number of nitrogens with one attached hydrogen (secondary N) is 1. The molecule has 3 rings (SSSR count). The molecule has 0 spiro atoms. The van der Waals surface area contributed by atoms with Crippen molar-refractivity contribution in [3.63, 3.8) is 0 Å². The fourth-order valence-electron chi connectivity index (χ4n) is 3.13. The van der Waals surface area contributed by atoms with Crippen LogP contribution in [0.5, 0.6) is 0 Å². The number of aryl methyl sites for hydroxylation is 2. The summed E-state index contributed by atoms with van der Waals surface area (Å²) < 4.78 is 1.65. The normalized spacial score (nSPS) is 16.9. The monoisotopic (exact) mass is 342 g/mol. The third kappa shape index (κ3) is 3.67. The Balaban J connectivity index is 1.82. The molecular formula is C17H22N6O2. The molecule has 0 aromatic carbocycles. The highest BCUT2D eigenvalue weighted by atomic mass is 16.2. The van der Waals surface area contributed by atoms with Gasteiger partial charge in [-0.25, -0.2) is 9.97 Å². The quantitative estimate of drug-likeness (QED) is 0.899. The fourth-order valence-corrected chi connectivity index (χ4v) is 3.13. The first-order valence-electron chi connectivity index (χ1n) is 8.33. The van der Waals surface area contributed by atoms with Gasteiger partial charge in [-0.1, -0.05) is 0 Å². The van der Waals surface area contributed by atoms with Crippen LogP contribution < -0.4 is 5.32 Å². The highest BCUT2D eigenvalue weighted by Gasteiger charge is 2.33. The minimum absolute atomic E-state index is 0.0380. The smallest absolute Gasteiger partial charge is 0.257 e. The Bertz CT molecular complexity index is 800. The summed E-state index contributed by atoms with van der Waals surface area (Å²) in [6.45, 7) is 4.34. The van der Waals surface area contributed by atoms with E-state index < -0.39 is 0 Å². The lowest BCUT2D eigenvalue weighted by Gasteiger charge is -2.23. The van der Waals surface area contributed by atoms with Crippen molar-refractivity contribution in [2.75, 3.05) is 6.54 Å². The lowest BCUT2D eigenvalue weighted by molar-refractivity contribution is -0.119. The first-order valence-corrected chi connectivity index (χ1v) is 8.33. The van der Waals surface area contributed by atoms with Gasteiger partial charge in [-0.05, 0) is 25.8 Å². The van der Waals surface area contributed by atoms with Gasteiger partial charge in [-0.3, -0.25) is 14.3 Å². The van der Waals surface area contributed by atoms with E-state index in [4.69, 9.17) is 0 Å². The fraction of sp³-hybridized carbons (Fsp3) is 0.471. The van der Waals surface area contributed by atoms with Crippen molar-refractivity contribution in [3.8, 4) is 0 Å². The number of carbonyl (C=O) groups is 2. The molecule has 0 saturated carbocycles. The van der Waals surface area contributed by atoms with Crippen LogP contribution in [0.3, 0.4) is 0 Å². The topological polar surface area (TPSA) is 93.0 Å². The first-order chi connectivity index (χ1) is 12.0. The van der Waals surface area contributed by atoms with Gasteiger partial charge in [-0.2, -0.15) is 5.10 Å². The number of rotatable bonds is 4. The van der Waals surface area contributed by atoms with E-state index in [2.05, 4.69) is 20.4 Å². The van der Waals surface area contributed by atoms with Crippen molar-refractivity contribution in [1.82, 2.24) is 30.0 Å². The molecule has 1 saturated heterocycles. The summed E-state index contributed by atoms with van der Waals surface area (Å²) in [5.41, 5.74) is 2.07. The Morgan fingerprint density at radius 1 is 1.40 bits per heavy atom. The molecule has 0 radical (unpaired) electrons. The molecule has 25 heavy (non-hydrogen) atoms. The third-order valence-electron chi connectivity index (χ3n) is 4.31. The first kappa shape index (κ1) is 17.1. The van der Waals surface area contributed by atoms with E-state index in [0.717, 1.165) is 24.2 Å². The second kappa shape index (κ2) is 7.00. The summed E-state index contributed by atoms with van der Waals surface area (Å²) in [6.07, 6.45) is 5.17. The molecule has 8 heteroatoms. The van der Waals surface area contributed by atoms with Crippen molar-refractivity contribution in [1.29, 1.82) is 0 Å². The van der Waals surface area contributed by atoms with E-state index >= 15 is 0 Å². The summed E-state index contributed by atoms with van der Waals surface area (Å²) in [4.78, 5) is 34.7. The van der Waals surface area contributed by atoms with Gasteiger partial charge >= 0.3 is 0 Å². The molecule has 1 aliphatic heterocycles. The van der Waals surface area contributed by atoms with Gasteiger partial charge in [0, 0.05) is 32.9 Å². The molecule has 2 aromatic rings. The maximum atomic E-state index is 12.9. The van der Waals surface area contributed by atoms with Crippen LogP contribution in [-0.4, -0.2) is 43.0 Å². The molecule has 3 heterocycles. The van der Waals surface area contributed by atoms with Crippen molar-refractivity contribution < 1.29 is 9.59 Å². The second-order valence-electron chi connectivity index (χ2n) is 6.27. The highest BCUT2D eigenvalue weighted by Crippen LogP contribution is 2.31. The summed E-state index contributed by atoms with van der Waals surface area (Å²) in [5, 5.41) is 6.98. The number of likely N-dealkylation sites (tertiary alicyclic amines) is 1. The SMILES string of the molecule is CC(=O)NCc1ccnc([C@@H]2CCCN2C(=O)c2cn(C)nc2C)n1. The summed E-state index contributed by atoms with van der Waals surface area (Å²) in [6, 6.07) is 1.62. The molecule has 1 N–H and O–H groups in total. The molecule has 8 nitrogen and oxygen atoms in total. The van der Waals surface area contributed by atoms with Crippen LogP contribution in [0.1, 0.15) is 53.4 Å². The van der Waals surface area contributed by atoms with Crippen LogP contribution in [0, 0.1) is 6.92 Å². The Hall–Kier alpha value is -2.77. The predicted octanol–water partition coefficient (Wildman–Crippen LogP) is 1.13. The summed E-state index contributed by atoms with van der Waals surface area (Å²) in [7, 11) is 1.81. The van der Waals surface area contributed by atoms with Gasteiger partial charge < -0.3 is 10.2 Å². The van der Waals surface area contributed by atoms with Gasteiger partial charge in [-0.15, -0.1) is 0 Å². The standard InChI is InChI=1S/C17H22N6O2/c1-11-14(10-22(3)21-11)17(25)23-8-4-5-15(23)16-18-7-6-13(20-16)9-19-12(2)24/h6-7,10,15H,4-5,8-9H2,1-3H3,(H,19,24)/t15-/m0/s1. The van der Waals surface area contributed by atoms with E-state index in [1.165, 1.54) is 6.92 Å². The zero-order valence-corrected chi connectivity index (χ0v) is 14.7. The van der Waals surface area contributed by atoms with Gasteiger partial charge in [0.15, 0.2) is 5.82 Å². The summed E-state index contributed by atoms with van der Waals surface area (Å²) >= 11 is 0. The van der Waals surface area contributed by atoms with Crippen LogP contribution in [0.15, 0.2) is 18.5 Å². The van der Waals surface area contributed by atoms with Crippen LogP contribution in [0.2, 0.25) is 0 Å². The maximum Gasteiger partial charge on any atom is 0.257 e. The number of hydrogen-bond acceptors (Lipinski definition) is 5. The minimum atomic E-state index is -0.149. The molecule has 1 aliphatic rings. The lowest BCUT2D eigenvalue weighted by Crippen LogP contribution is -2.32.